The van der Waals surface area contributed by atoms with Gasteiger partial charge in [0.2, 0.25) is 5.95 Å². The van der Waals surface area contributed by atoms with Crippen molar-refractivity contribution in [2.24, 2.45) is 0 Å². The lowest BCUT2D eigenvalue weighted by Crippen LogP contribution is -2.18. The Labute approximate surface area is 135 Å². The van der Waals surface area contributed by atoms with Crippen molar-refractivity contribution >= 4 is 23.3 Å². The van der Waals surface area contributed by atoms with E-state index in [0.717, 1.165) is 23.8 Å². The van der Waals surface area contributed by atoms with Crippen LogP contribution in [0.4, 0.5) is 23.3 Å². The van der Waals surface area contributed by atoms with Crippen molar-refractivity contribution in [2.75, 3.05) is 16.8 Å². The Hall–Kier alpha value is -2.89. The van der Waals surface area contributed by atoms with Crippen LogP contribution in [0, 0.1) is 13.8 Å². The molecule has 3 rings (SSSR count). The van der Waals surface area contributed by atoms with Gasteiger partial charge in [-0.15, -0.1) is 0 Å². The predicted octanol–water partition coefficient (Wildman–Crippen LogP) is 3.98. The molecule has 0 radical (unpaired) electrons. The Kier molecular flexibility index (Phi) is 4.23. The Bertz CT molecular complexity index is 799. The van der Waals surface area contributed by atoms with Gasteiger partial charge in [-0.3, -0.25) is 0 Å². The van der Waals surface area contributed by atoms with E-state index >= 15 is 0 Å². The Balaban J connectivity index is 1.88. The first kappa shape index (κ1) is 15.0. The lowest BCUT2D eigenvalue weighted by atomic mass is 10.2. The highest BCUT2D eigenvalue weighted by Crippen LogP contribution is 2.25. The van der Waals surface area contributed by atoms with Gasteiger partial charge in [0, 0.05) is 24.5 Å². The van der Waals surface area contributed by atoms with Crippen LogP contribution >= 0.6 is 0 Å². The molecule has 6 heteroatoms. The SMILES string of the molecule is CCN(c1cccc(C)c1)c1ccnc(Nc2cc(C)on2)n1. The van der Waals surface area contributed by atoms with Gasteiger partial charge in [0.05, 0.1) is 0 Å². The molecule has 0 aliphatic heterocycles. The molecular formula is C17H19N5O. The van der Waals surface area contributed by atoms with Crippen LogP contribution in [0.15, 0.2) is 47.1 Å². The molecule has 0 bridgehead atoms. The van der Waals surface area contributed by atoms with Crippen LogP contribution in [0.5, 0.6) is 0 Å². The smallest absolute Gasteiger partial charge is 0.230 e. The molecule has 2 heterocycles. The Morgan fingerprint density at radius 3 is 2.74 bits per heavy atom. The zero-order valence-corrected chi connectivity index (χ0v) is 13.4. The predicted molar refractivity (Wildman–Crippen MR) is 90.4 cm³/mol. The van der Waals surface area contributed by atoms with E-state index in [1.165, 1.54) is 5.56 Å². The molecule has 0 saturated carbocycles. The number of anilines is 4. The lowest BCUT2D eigenvalue weighted by Gasteiger charge is -2.22. The molecular weight excluding hydrogens is 290 g/mol. The molecule has 0 spiro atoms. The molecule has 0 amide bonds. The zero-order chi connectivity index (χ0) is 16.2. The van der Waals surface area contributed by atoms with E-state index in [2.05, 4.69) is 57.4 Å². The van der Waals surface area contributed by atoms with Gasteiger partial charge in [-0.05, 0) is 44.5 Å². The molecule has 0 unspecified atom stereocenters. The fourth-order valence-corrected chi connectivity index (χ4v) is 2.37. The summed E-state index contributed by atoms with van der Waals surface area (Å²) in [5.41, 5.74) is 2.32. The van der Waals surface area contributed by atoms with Crippen LogP contribution in [-0.2, 0) is 0 Å². The summed E-state index contributed by atoms with van der Waals surface area (Å²) in [6.07, 6.45) is 1.73. The highest BCUT2D eigenvalue weighted by Gasteiger charge is 2.11. The van der Waals surface area contributed by atoms with Crippen molar-refractivity contribution in [3.05, 3.63) is 53.9 Å². The van der Waals surface area contributed by atoms with Gasteiger partial charge in [-0.2, -0.15) is 4.98 Å². The number of hydrogen-bond donors (Lipinski definition) is 1. The first-order valence-electron chi connectivity index (χ1n) is 7.53. The van der Waals surface area contributed by atoms with Crippen LogP contribution in [0.25, 0.3) is 0 Å². The van der Waals surface area contributed by atoms with Crippen LogP contribution in [-0.4, -0.2) is 21.7 Å². The van der Waals surface area contributed by atoms with E-state index in [1.54, 1.807) is 12.3 Å². The van der Waals surface area contributed by atoms with E-state index in [9.17, 15) is 0 Å². The summed E-state index contributed by atoms with van der Waals surface area (Å²) < 4.78 is 5.04. The fraction of sp³-hybridized carbons (Fsp3) is 0.235. The first-order chi connectivity index (χ1) is 11.2. The topological polar surface area (TPSA) is 67.1 Å². The molecule has 6 nitrogen and oxygen atoms in total. The normalized spacial score (nSPS) is 10.6. The Morgan fingerprint density at radius 1 is 1.17 bits per heavy atom. The summed E-state index contributed by atoms with van der Waals surface area (Å²) in [4.78, 5) is 11.0. The minimum atomic E-state index is 0.488. The van der Waals surface area contributed by atoms with Crippen molar-refractivity contribution in [2.45, 2.75) is 20.8 Å². The maximum atomic E-state index is 5.04. The minimum absolute atomic E-state index is 0.488. The molecule has 23 heavy (non-hydrogen) atoms. The van der Waals surface area contributed by atoms with Gasteiger partial charge in [0.25, 0.3) is 0 Å². The first-order valence-corrected chi connectivity index (χ1v) is 7.53. The third-order valence-electron chi connectivity index (χ3n) is 3.41. The summed E-state index contributed by atoms with van der Waals surface area (Å²) >= 11 is 0. The van der Waals surface area contributed by atoms with Gasteiger partial charge in [-0.1, -0.05) is 17.3 Å². The standard InChI is InChI=1S/C17H19N5O/c1-4-22(14-7-5-6-12(2)10-14)16-8-9-18-17(20-16)19-15-11-13(3)23-21-15/h5-11H,4H2,1-3H3,(H,18,19,20,21). The molecule has 1 N–H and O–H groups in total. The van der Waals surface area contributed by atoms with Crippen molar-refractivity contribution in [3.63, 3.8) is 0 Å². The fourth-order valence-electron chi connectivity index (χ4n) is 2.37. The molecule has 0 aliphatic rings. The van der Waals surface area contributed by atoms with Crippen LogP contribution in [0.1, 0.15) is 18.2 Å². The van der Waals surface area contributed by atoms with Crippen LogP contribution in [0.3, 0.4) is 0 Å². The number of aromatic nitrogens is 3. The number of aryl methyl sites for hydroxylation is 2. The third-order valence-corrected chi connectivity index (χ3v) is 3.41. The number of hydrogen-bond acceptors (Lipinski definition) is 6. The molecule has 2 aromatic heterocycles. The van der Waals surface area contributed by atoms with E-state index in [4.69, 9.17) is 4.52 Å². The van der Waals surface area contributed by atoms with Gasteiger partial charge in [0.15, 0.2) is 5.82 Å². The van der Waals surface area contributed by atoms with Gasteiger partial charge in [-0.25, -0.2) is 4.98 Å². The molecule has 1 aromatic carbocycles. The number of rotatable bonds is 5. The van der Waals surface area contributed by atoms with Gasteiger partial charge in [0.1, 0.15) is 11.6 Å². The second kappa shape index (κ2) is 6.48. The van der Waals surface area contributed by atoms with Crippen molar-refractivity contribution < 1.29 is 4.52 Å². The maximum absolute atomic E-state index is 5.04. The monoisotopic (exact) mass is 309 g/mol. The number of nitrogens with zero attached hydrogens (tertiary/aromatic N) is 4. The van der Waals surface area contributed by atoms with Crippen molar-refractivity contribution in [3.8, 4) is 0 Å². The highest BCUT2D eigenvalue weighted by molar-refractivity contribution is 5.62. The molecule has 0 aliphatic carbocycles. The third kappa shape index (κ3) is 3.48. The molecule has 0 fully saturated rings. The number of nitrogens with one attached hydrogen (secondary N) is 1. The van der Waals surface area contributed by atoms with E-state index in [0.29, 0.717) is 11.8 Å². The average molecular weight is 309 g/mol. The van der Waals surface area contributed by atoms with E-state index < -0.39 is 0 Å². The largest absolute Gasteiger partial charge is 0.360 e. The molecule has 0 atom stereocenters. The number of benzene rings is 1. The zero-order valence-electron chi connectivity index (χ0n) is 13.4. The minimum Gasteiger partial charge on any atom is -0.360 e. The lowest BCUT2D eigenvalue weighted by molar-refractivity contribution is 0.400. The van der Waals surface area contributed by atoms with Crippen molar-refractivity contribution in [1.82, 2.24) is 15.1 Å². The van der Waals surface area contributed by atoms with Crippen molar-refractivity contribution in [1.29, 1.82) is 0 Å². The summed E-state index contributed by atoms with van der Waals surface area (Å²) in [6.45, 7) is 6.82. The average Bonchev–Trinajstić information content (AvgIpc) is 2.94. The molecule has 118 valence electrons. The maximum Gasteiger partial charge on any atom is 0.230 e. The summed E-state index contributed by atoms with van der Waals surface area (Å²) in [5.74, 6) is 2.65. The molecule has 3 aromatic rings. The Morgan fingerprint density at radius 2 is 2.04 bits per heavy atom. The second-order valence-electron chi connectivity index (χ2n) is 5.27. The second-order valence-corrected chi connectivity index (χ2v) is 5.27. The van der Waals surface area contributed by atoms with E-state index in [-0.39, 0.29) is 0 Å². The quantitative estimate of drug-likeness (QED) is 0.769. The molecule has 0 saturated heterocycles. The van der Waals surface area contributed by atoms with Gasteiger partial charge < -0.3 is 14.7 Å². The van der Waals surface area contributed by atoms with E-state index in [1.807, 2.05) is 19.1 Å². The highest BCUT2D eigenvalue weighted by atomic mass is 16.5. The summed E-state index contributed by atoms with van der Waals surface area (Å²) in [7, 11) is 0. The van der Waals surface area contributed by atoms with Gasteiger partial charge >= 0.3 is 0 Å². The van der Waals surface area contributed by atoms with Crippen LogP contribution in [0.2, 0.25) is 0 Å². The summed E-state index contributed by atoms with van der Waals surface area (Å²) in [5, 5.41) is 6.95. The summed E-state index contributed by atoms with van der Waals surface area (Å²) in [6, 6.07) is 12.0. The van der Waals surface area contributed by atoms with Crippen LogP contribution < -0.4 is 10.2 Å².